The summed E-state index contributed by atoms with van der Waals surface area (Å²) in [6.07, 6.45) is 2.78. The first-order valence-electron chi connectivity index (χ1n) is 6.93. The molecule has 3 heteroatoms. The Kier molecular flexibility index (Phi) is 4.04. The Bertz CT molecular complexity index is 409. The Balaban J connectivity index is 2.38. The smallest absolute Gasteiger partial charge is 0.122 e. The molecule has 0 bridgehead atoms. The SMILES string of the molecule is COc1cc(OC)cc(C2(O)CC(C)CC(C)C2)c1. The Hall–Kier alpha value is -1.22. The fraction of sp³-hybridized carbons (Fsp3) is 0.625. The standard InChI is InChI=1S/C16H24O3/c1-11-5-12(2)10-16(17,9-11)13-6-14(18-3)8-15(7-13)19-4/h6-8,11-12,17H,5,9-10H2,1-4H3. The van der Waals surface area contributed by atoms with Crippen molar-refractivity contribution >= 4 is 0 Å². The van der Waals surface area contributed by atoms with E-state index in [1.807, 2.05) is 18.2 Å². The zero-order chi connectivity index (χ0) is 14.0. The van der Waals surface area contributed by atoms with Crippen LogP contribution in [0.15, 0.2) is 18.2 Å². The largest absolute Gasteiger partial charge is 0.497 e. The van der Waals surface area contributed by atoms with Gasteiger partial charge in [-0.2, -0.15) is 0 Å². The van der Waals surface area contributed by atoms with Crippen LogP contribution >= 0.6 is 0 Å². The molecule has 0 saturated heterocycles. The number of benzene rings is 1. The molecule has 0 heterocycles. The van der Waals surface area contributed by atoms with Gasteiger partial charge >= 0.3 is 0 Å². The summed E-state index contributed by atoms with van der Waals surface area (Å²) < 4.78 is 10.6. The predicted molar refractivity (Wildman–Crippen MR) is 75.6 cm³/mol. The second kappa shape index (κ2) is 5.41. The van der Waals surface area contributed by atoms with Gasteiger partial charge in [0.25, 0.3) is 0 Å². The van der Waals surface area contributed by atoms with Gasteiger partial charge in [-0.25, -0.2) is 0 Å². The van der Waals surface area contributed by atoms with E-state index in [1.54, 1.807) is 14.2 Å². The maximum Gasteiger partial charge on any atom is 0.122 e. The predicted octanol–water partition coefficient (Wildman–Crippen LogP) is 3.35. The molecule has 0 radical (unpaired) electrons. The molecule has 1 aliphatic rings. The minimum absolute atomic E-state index is 0.533. The van der Waals surface area contributed by atoms with Crippen molar-refractivity contribution in [3.05, 3.63) is 23.8 Å². The fourth-order valence-corrected chi connectivity index (χ4v) is 3.40. The second-order valence-electron chi connectivity index (χ2n) is 5.99. The summed E-state index contributed by atoms with van der Waals surface area (Å²) in [6, 6.07) is 5.68. The highest BCUT2D eigenvalue weighted by molar-refractivity contribution is 5.41. The van der Waals surface area contributed by atoms with Crippen LogP contribution < -0.4 is 9.47 Å². The van der Waals surface area contributed by atoms with Crippen LogP contribution in [0.25, 0.3) is 0 Å². The van der Waals surface area contributed by atoms with Crippen LogP contribution in [0.1, 0.15) is 38.7 Å². The second-order valence-corrected chi connectivity index (χ2v) is 5.99. The van der Waals surface area contributed by atoms with Gasteiger partial charge < -0.3 is 14.6 Å². The molecule has 2 atom stereocenters. The minimum atomic E-state index is -0.765. The van der Waals surface area contributed by atoms with E-state index in [4.69, 9.17) is 9.47 Å². The van der Waals surface area contributed by atoms with E-state index in [2.05, 4.69) is 13.8 Å². The van der Waals surface area contributed by atoms with Crippen LogP contribution in [0, 0.1) is 11.8 Å². The lowest BCUT2D eigenvalue weighted by Crippen LogP contribution is -2.35. The molecule has 1 saturated carbocycles. The summed E-state index contributed by atoms with van der Waals surface area (Å²) in [5.74, 6) is 2.53. The van der Waals surface area contributed by atoms with Gasteiger partial charge in [0.1, 0.15) is 11.5 Å². The highest BCUT2D eigenvalue weighted by Gasteiger charge is 2.38. The molecule has 1 aromatic carbocycles. The normalized spacial score (nSPS) is 31.0. The van der Waals surface area contributed by atoms with Crippen molar-refractivity contribution in [3.8, 4) is 11.5 Å². The van der Waals surface area contributed by atoms with E-state index in [0.29, 0.717) is 11.8 Å². The van der Waals surface area contributed by atoms with Crippen molar-refractivity contribution in [2.45, 2.75) is 38.7 Å². The number of methoxy groups -OCH3 is 2. The lowest BCUT2D eigenvalue weighted by molar-refractivity contribution is -0.0365. The van der Waals surface area contributed by atoms with E-state index in [-0.39, 0.29) is 0 Å². The Morgan fingerprint density at radius 1 is 1.00 bits per heavy atom. The summed E-state index contributed by atoms with van der Waals surface area (Å²) >= 11 is 0. The Labute approximate surface area is 115 Å². The van der Waals surface area contributed by atoms with E-state index < -0.39 is 5.60 Å². The molecule has 106 valence electrons. The number of aliphatic hydroxyl groups is 1. The molecule has 0 amide bonds. The van der Waals surface area contributed by atoms with E-state index in [9.17, 15) is 5.11 Å². The van der Waals surface area contributed by atoms with Crippen molar-refractivity contribution in [3.63, 3.8) is 0 Å². The molecule has 1 aliphatic carbocycles. The summed E-state index contributed by atoms with van der Waals surface area (Å²) in [6.45, 7) is 4.41. The van der Waals surface area contributed by atoms with Gasteiger partial charge in [-0.05, 0) is 48.8 Å². The highest BCUT2D eigenvalue weighted by atomic mass is 16.5. The molecule has 0 aliphatic heterocycles. The molecule has 19 heavy (non-hydrogen) atoms. The molecular weight excluding hydrogens is 240 g/mol. The molecule has 1 fully saturated rings. The number of hydrogen-bond donors (Lipinski definition) is 1. The van der Waals surface area contributed by atoms with Crippen LogP contribution in [0.5, 0.6) is 11.5 Å². The van der Waals surface area contributed by atoms with Crippen LogP contribution in [-0.4, -0.2) is 19.3 Å². The van der Waals surface area contributed by atoms with Crippen LogP contribution in [0.4, 0.5) is 0 Å². The van der Waals surface area contributed by atoms with Crippen LogP contribution in [-0.2, 0) is 5.60 Å². The molecule has 1 aromatic rings. The van der Waals surface area contributed by atoms with E-state index in [1.165, 1.54) is 6.42 Å². The van der Waals surface area contributed by atoms with Gasteiger partial charge in [-0.15, -0.1) is 0 Å². The maximum absolute atomic E-state index is 11.0. The Morgan fingerprint density at radius 2 is 1.47 bits per heavy atom. The first-order chi connectivity index (χ1) is 8.96. The van der Waals surface area contributed by atoms with Gasteiger partial charge in [0.15, 0.2) is 0 Å². The van der Waals surface area contributed by atoms with E-state index >= 15 is 0 Å². The maximum atomic E-state index is 11.0. The number of hydrogen-bond acceptors (Lipinski definition) is 3. The molecule has 2 unspecified atom stereocenters. The zero-order valence-electron chi connectivity index (χ0n) is 12.3. The number of rotatable bonds is 3. The van der Waals surface area contributed by atoms with Gasteiger partial charge in [-0.3, -0.25) is 0 Å². The zero-order valence-corrected chi connectivity index (χ0v) is 12.3. The van der Waals surface area contributed by atoms with Crippen molar-refractivity contribution < 1.29 is 14.6 Å². The molecule has 3 nitrogen and oxygen atoms in total. The fourth-order valence-electron chi connectivity index (χ4n) is 3.40. The molecule has 0 aromatic heterocycles. The quantitative estimate of drug-likeness (QED) is 0.910. The topological polar surface area (TPSA) is 38.7 Å². The number of ether oxygens (including phenoxy) is 2. The molecule has 1 N–H and O–H groups in total. The lowest BCUT2D eigenvalue weighted by atomic mass is 9.71. The van der Waals surface area contributed by atoms with E-state index in [0.717, 1.165) is 29.9 Å². The summed E-state index contributed by atoms with van der Waals surface area (Å²) in [5.41, 5.74) is 0.140. The van der Waals surface area contributed by atoms with Crippen molar-refractivity contribution in [2.75, 3.05) is 14.2 Å². The van der Waals surface area contributed by atoms with Crippen molar-refractivity contribution in [1.82, 2.24) is 0 Å². The third-order valence-electron chi connectivity index (χ3n) is 4.07. The molecular formula is C16H24O3. The average molecular weight is 264 g/mol. The third kappa shape index (κ3) is 3.03. The minimum Gasteiger partial charge on any atom is -0.497 e. The van der Waals surface area contributed by atoms with Gasteiger partial charge in [0, 0.05) is 6.07 Å². The van der Waals surface area contributed by atoms with Gasteiger partial charge in [0.2, 0.25) is 0 Å². The average Bonchev–Trinajstić information content (AvgIpc) is 2.36. The lowest BCUT2D eigenvalue weighted by Gasteiger charge is -2.39. The monoisotopic (exact) mass is 264 g/mol. The van der Waals surface area contributed by atoms with Gasteiger partial charge in [0.05, 0.1) is 19.8 Å². The Morgan fingerprint density at radius 3 is 1.89 bits per heavy atom. The first kappa shape index (κ1) is 14.2. The van der Waals surface area contributed by atoms with Crippen LogP contribution in [0.3, 0.4) is 0 Å². The molecule has 0 spiro atoms. The van der Waals surface area contributed by atoms with Gasteiger partial charge in [-0.1, -0.05) is 13.8 Å². The summed E-state index contributed by atoms with van der Waals surface area (Å²) in [5, 5.41) is 11.0. The first-order valence-corrected chi connectivity index (χ1v) is 6.93. The highest BCUT2D eigenvalue weighted by Crippen LogP contribution is 2.44. The van der Waals surface area contributed by atoms with Crippen molar-refractivity contribution in [2.24, 2.45) is 11.8 Å². The van der Waals surface area contributed by atoms with Crippen LogP contribution in [0.2, 0.25) is 0 Å². The molecule has 2 rings (SSSR count). The van der Waals surface area contributed by atoms with Crippen molar-refractivity contribution in [1.29, 1.82) is 0 Å². The summed E-state index contributed by atoms with van der Waals surface area (Å²) in [7, 11) is 3.27. The summed E-state index contributed by atoms with van der Waals surface area (Å²) in [4.78, 5) is 0. The third-order valence-corrected chi connectivity index (χ3v) is 4.07.